The van der Waals surface area contributed by atoms with Crippen molar-refractivity contribution in [3.05, 3.63) is 50.4 Å². The van der Waals surface area contributed by atoms with E-state index in [-0.39, 0.29) is 16.2 Å². The summed E-state index contributed by atoms with van der Waals surface area (Å²) in [6, 6.07) is 4.41. The zero-order valence-corrected chi connectivity index (χ0v) is 12.0. The number of rotatable bonds is 3. The molecule has 2 aromatic rings. The van der Waals surface area contributed by atoms with Crippen molar-refractivity contribution in [2.24, 2.45) is 0 Å². The third-order valence-corrected chi connectivity index (χ3v) is 5.00. The predicted octanol–water partition coefficient (Wildman–Crippen LogP) is 1.95. The van der Waals surface area contributed by atoms with Crippen molar-refractivity contribution in [1.82, 2.24) is 10.2 Å². The Kier molecular flexibility index (Phi) is 3.56. The smallest absolute Gasteiger partial charge is 0.264 e. The molecular formula is C12H13ClN2O3S. The van der Waals surface area contributed by atoms with E-state index < -0.39 is 9.84 Å². The maximum Gasteiger partial charge on any atom is 0.264 e. The third-order valence-electron chi connectivity index (χ3n) is 2.79. The maximum atomic E-state index is 12.3. The van der Waals surface area contributed by atoms with Crippen molar-refractivity contribution < 1.29 is 8.42 Å². The van der Waals surface area contributed by atoms with E-state index >= 15 is 0 Å². The van der Waals surface area contributed by atoms with Gasteiger partial charge in [-0.25, -0.2) is 8.42 Å². The van der Waals surface area contributed by atoms with E-state index in [2.05, 4.69) is 10.2 Å². The average Bonchev–Trinajstić information content (AvgIpc) is 2.68. The van der Waals surface area contributed by atoms with Crippen LogP contribution in [0.1, 0.15) is 16.8 Å². The molecule has 0 aliphatic heterocycles. The Hall–Kier alpha value is -1.53. The first kappa shape index (κ1) is 13.9. The lowest BCUT2D eigenvalue weighted by molar-refractivity contribution is 0.594. The fraction of sp³-hybridized carbons (Fsp3) is 0.250. The van der Waals surface area contributed by atoms with Crippen LogP contribution in [0.2, 0.25) is 5.02 Å². The van der Waals surface area contributed by atoms with Gasteiger partial charge in [-0.05, 0) is 37.1 Å². The molecule has 0 aliphatic rings. The molecule has 5 nitrogen and oxygen atoms in total. The van der Waals surface area contributed by atoms with Crippen molar-refractivity contribution in [2.45, 2.75) is 24.5 Å². The fourth-order valence-electron chi connectivity index (χ4n) is 1.82. The molecule has 1 heterocycles. The SMILES string of the molecule is Cc1cc(S(=O)(=O)Cc2cc(=O)[nH][nH]2)c(C)cc1Cl. The van der Waals surface area contributed by atoms with Gasteiger partial charge in [0.05, 0.1) is 16.3 Å². The minimum Gasteiger partial charge on any atom is -0.301 e. The van der Waals surface area contributed by atoms with Gasteiger partial charge >= 0.3 is 0 Å². The van der Waals surface area contributed by atoms with Crippen LogP contribution in [0.4, 0.5) is 0 Å². The average molecular weight is 301 g/mol. The number of halogens is 1. The van der Waals surface area contributed by atoms with E-state index in [1.54, 1.807) is 26.0 Å². The molecule has 1 aromatic heterocycles. The number of sulfone groups is 1. The zero-order chi connectivity index (χ0) is 14.2. The Morgan fingerprint density at radius 2 is 1.79 bits per heavy atom. The van der Waals surface area contributed by atoms with Gasteiger partial charge in [0.25, 0.3) is 5.56 Å². The highest BCUT2D eigenvalue weighted by Gasteiger charge is 2.20. The molecule has 0 saturated heterocycles. The fourth-order valence-corrected chi connectivity index (χ4v) is 3.67. The molecule has 0 spiro atoms. The minimum atomic E-state index is -3.52. The lowest BCUT2D eigenvalue weighted by Crippen LogP contribution is -2.08. The lowest BCUT2D eigenvalue weighted by atomic mass is 10.2. The van der Waals surface area contributed by atoms with Crippen LogP contribution in [-0.4, -0.2) is 18.6 Å². The summed E-state index contributed by atoms with van der Waals surface area (Å²) in [5.74, 6) is -0.256. The van der Waals surface area contributed by atoms with E-state index in [0.29, 0.717) is 21.8 Å². The van der Waals surface area contributed by atoms with Crippen LogP contribution in [0.15, 0.2) is 27.9 Å². The molecule has 0 atom stereocenters. The van der Waals surface area contributed by atoms with E-state index in [4.69, 9.17) is 11.6 Å². The number of benzene rings is 1. The van der Waals surface area contributed by atoms with Gasteiger partial charge in [0.15, 0.2) is 9.84 Å². The maximum absolute atomic E-state index is 12.3. The molecule has 2 rings (SSSR count). The molecule has 0 saturated carbocycles. The molecule has 1 aromatic carbocycles. The van der Waals surface area contributed by atoms with Gasteiger partial charge in [-0.15, -0.1) is 0 Å². The number of aryl methyl sites for hydroxylation is 2. The monoisotopic (exact) mass is 300 g/mol. The van der Waals surface area contributed by atoms with Gasteiger partial charge < -0.3 is 5.10 Å². The molecule has 19 heavy (non-hydrogen) atoms. The first-order chi connectivity index (χ1) is 8.79. The predicted molar refractivity (Wildman–Crippen MR) is 73.2 cm³/mol. The van der Waals surface area contributed by atoms with E-state index in [9.17, 15) is 13.2 Å². The summed E-state index contributed by atoms with van der Waals surface area (Å²) in [5, 5.41) is 5.38. The zero-order valence-electron chi connectivity index (χ0n) is 10.5. The van der Waals surface area contributed by atoms with Crippen LogP contribution in [-0.2, 0) is 15.6 Å². The molecule has 7 heteroatoms. The number of aromatic amines is 2. The molecule has 0 bridgehead atoms. The molecule has 0 unspecified atom stereocenters. The summed E-state index contributed by atoms with van der Waals surface area (Å²) in [4.78, 5) is 11.2. The molecule has 0 aliphatic carbocycles. The van der Waals surface area contributed by atoms with Gasteiger partial charge in [0, 0.05) is 11.1 Å². The summed E-state index contributed by atoms with van der Waals surface area (Å²) in [6.07, 6.45) is 0. The Morgan fingerprint density at radius 1 is 1.11 bits per heavy atom. The highest BCUT2D eigenvalue weighted by atomic mass is 35.5. The van der Waals surface area contributed by atoms with Gasteiger partial charge in [-0.3, -0.25) is 9.89 Å². The second kappa shape index (κ2) is 4.86. The first-order valence-corrected chi connectivity index (χ1v) is 7.59. The standard InChI is InChI=1S/C12H13ClN2O3S/c1-7-4-11(8(2)3-10(7)13)19(17,18)6-9-5-12(16)15-14-9/h3-5H,6H2,1-2H3,(H2,14,15,16). The Labute approximate surface area is 115 Å². The summed E-state index contributed by atoms with van der Waals surface area (Å²) < 4.78 is 24.6. The largest absolute Gasteiger partial charge is 0.301 e. The normalized spacial score (nSPS) is 11.7. The van der Waals surface area contributed by atoms with Crippen molar-refractivity contribution in [1.29, 1.82) is 0 Å². The Balaban J connectivity index is 2.45. The van der Waals surface area contributed by atoms with Gasteiger partial charge in [0.2, 0.25) is 0 Å². The van der Waals surface area contributed by atoms with Gasteiger partial charge in [-0.2, -0.15) is 0 Å². The first-order valence-electron chi connectivity index (χ1n) is 5.55. The molecule has 102 valence electrons. The second-order valence-electron chi connectivity index (χ2n) is 4.41. The van der Waals surface area contributed by atoms with Crippen molar-refractivity contribution >= 4 is 21.4 Å². The number of hydrogen-bond acceptors (Lipinski definition) is 3. The van der Waals surface area contributed by atoms with Crippen LogP contribution in [0.5, 0.6) is 0 Å². The van der Waals surface area contributed by atoms with E-state index in [1.807, 2.05) is 0 Å². The summed E-state index contributed by atoms with van der Waals surface area (Å²) in [5.41, 5.74) is 1.27. The van der Waals surface area contributed by atoms with Crippen LogP contribution < -0.4 is 5.56 Å². The highest BCUT2D eigenvalue weighted by Crippen LogP contribution is 2.25. The van der Waals surface area contributed by atoms with Crippen LogP contribution >= 0.6 is 11.6 Å². The highest BCUT2D eigenvalue weighted by molar-refractivity contribution is 7.90. The summed E-state index contributed by atoms with van der Waals surface area (Å²) in [6.45, 7) is 3.44. The molecular weight excluding hydrogens is 288 g/mol. The van der Waals surface area contributed by atoms with E-state index in [0.717, 1.165) is 0 Å². The molecule has 0 radical (unpaired) electrons. The Bertz CT molecular complexity index is 775. The lowest BCUT2D eigenvalue weighted by Gasteiger charge is -2.09. The van der Waals surface area contributed by atoms with Crippen LogP contribution in [0.3, 0.4) is 0 Å². The Morgan fingerprint density at radius 3 is 2.37 bits per heavy atom. The second-order valence-corrected chi connectivity index (χ2v) is 6.77. The molecule has 0 fully saturated rings. The van der Waals surface area contributed by atoms with Gasteiger partial charge in [-0.1, -0.05) is 11.6 Å². The van der Waals surface area contributed by atoms with Crippen molar-refractivity contribution in [3.8, 4) is 0 Å². The van der Waals surface area contributed by atoms with E-state index in [1.165, 1.54) is 6.07 Å². The summed E-state index contributed by atoms with van der Waals surface area (Å²) >= 11 is 5.95. The number of hydrogen-bond donors (Lipinski definition) is 2. The quantitative estimate of drug-likeness (QED) is 0.909. The van der Waals surface area contributed by atoms with Gasteiger partial charge in [0.1, 0.15) is 0 Å². The summed E-state index contributed by atoms with van der Waals surface area (Å²) in [7, 11) is -3.52. The van der Waals surface area contributed by atoms with Crippen LogP contribution in [0.25, 0.3) is 0 Å². The molecule has 0 amide bonds. The number of aromatic nitrogens is 2. The van der Waals surface area contributed by atoms with Crippen molar-refractivity contribution in [2.75, 3.05) is 0 Å². The molecule has 2 N–H and O–H groups in total. The number of nitrogens with one attached hydrogen (secondary N) is 2. The third kappa shape index (κ3) is 2.90. The number of H-pyrrole nitrogens is 2. The minimum absolute atomic E-state index is 0.233. The van der Waals surface area contributed by atoms with Crippen molar-refractivity contribution in [3.63, 3.8) is 0 Å². The van der Waals surface area contributed by atoms with Crippen LogP contribution in [0, 0.1) is 13.8 Å². The topological polar surface area (TPSA) is 82.8 Å².